The molecule has 22 heavy (non-hydrogen) atoms. The number of benzene rings is 1. The number of hydrogen-bond donors (Lipinski definition) is 2. The molecule has 0 radical (unpaired) electrons. The van der Waals surface area contributed by atoms with Gasteiger partial charge in [0.05, 0.1) is 13.7 Å². The van der Waals surface area contributed by atoms with Crippen LogP contribution in [0.15, 0.2) is 29.3 Å². The van der Waals surface area contributed by atoms with Crippen molar-refractivity contribution < 1.29 is 9.47 Å². The normalized spacial score (nSPS) is 11.3. The van der Waals surface area contributed by atoms with Gasteiger partial charge in [0.25, 0.3) is 0 Å². The molecule has 1 rings (SSSR count). The molecule has 0 heterocycles. The Morgan fingerprint density at radius 2 is 1.82 bits per heavy atom. The van der Waals surface area contributed by atoms with E-state index in [9.17, 15) is 0 Å². The van der Waals surface area contributed by atoms with Crippen molar-refractivity contribution in [2.75, 3.05) is 40.5 Å². The Hall–Kier alpha value is -1.75. The van der Waals surface area contributed by atoms with E-state index in [2.05, 4.69) is 34.7 Å². The van der Waals surface area contributed by atoms with Gasteiger partial charge in [-0.25, -0.2) is 0 Å². The second-order valence-electron chi connectivity index (χ2n) is 4.99. The zero-order valence-corrected chi connectivity index (χ0v) is 14.0. The maximum atomic E-state index is 5.51. The molecule has 5 nitrogen and oxygen atoms in total. The molecular weight excluding hydrogens is 278 g/mol. The minimum absolute atomic E-state index is 0.708. The number of nitrogens with zero attached hydrogens (tertiary/aromatic N) is 1. The summed E-state index contributed by atoms with van der Waals surface area (Å²) >= 11 is 0. The number of aliphatic imine (C=N–C) groups is 1. The van der Waals surface area contributed by atoms with Gasteiger partial charge in [0.15, 0.2) is 5.96 Å². The van der Waals surface area contributed by atoms with Gasteiger partial charge in [0.2, 0.25) is 0 Å². The molecule has 0 unspecified atom stereocenters. The molecule has 0 atom stereocenters. The molecule has 5 heteroatoms. The van der Waals surface area contributed by atoms with E-state index in [1.807, 2.05) is 12.1 Å². The molecular formula is C17H29N3O2. The van der Waals surface area contributed by atoms with Crippen molar-refractivity contribution >= 4 is 5.96 Å². The molecule has 0 amide bonds. The summed E-state index contributed by atoms with van der Waals surface area (Å²) in [6.07, 6.45) is 3.23. The van der Waals surface area contributed by atoms with Crippen LogP contribution in [0.25, 0.3) is 0 Å². The van der Waals surface area contributed by atoms with Gasteiger partial charge < -0.3 is 20.1 Å². The smallest absolute Gasteiger partial charge is 0.191 e. The Labute approximate surface area is 134 Å². The number of ether oxygens (including phenoxy) is 2. The molecule has 0 bridgehead atoms. The number of hydrogen-bond acceptors (Lipinski definition) is 3. The fourth-order valence-corrected chi connectivity index (χ4v) is 1.93. The van der Waals surface area contributed by atoms with Gasteiger partial charge in [-0.15, -0.1) is 0 Å². The Morgan fingerprint density at radius 1 is 1.09 bits per heavy atom. The van der Waals surface area contributed by atoms with Crippen LogP contribution in [-0.2, 0) is 11.2 Å². The van der Waals surface area contributed by atoms with Crippen LogP contribution < -0.4 is 15.4 Å². The van der Waals surface area contributed by atoms with E-state index in [1.165, 1.54) is 12.0 Å². The molecule has 1 aromatic rings. The monoisotopic (exact) mass is 307 g/mol. The largest absolute Gasteiger partial charge is 0.497 e. The van der Waals surface area contributed by atoms with Gasteiger partial charge in [-0.05, 0) is 30.5 Å². The number of rotatable bonds is 10. The number of methoxy groups -OCH3 is 1. The molecule has 124 valence electrons. The lowest BCUT2D eigenvalue weighted by molar-refractivity contribution is 0.136. The average Bonchev–Trinajstić information content (AvgIpc) is 2.57. The third-order valence-corrected chi connectivity index (χ3v) is 3.27. The molecule has 0 fully saturated rings. The third kappa shape index (κ3) is 7.88. The molecule has 0 aromatic heterocycles. The molecule has 1 aromatic carbocycles. The summed E-state index contributed by atoms with van der Waals surface area (Å²) in [7, 11) is 3.46. The number of nitrogens with one attached hydrogen (secondary N) is 2. The zero-order valence-electron chi connectivity index (χ0n) is 14.0. The standard InChI is InChI=1S/C17H29N3O2/c1-4-5-13-22-14-12-20-17(18-2)19-11-10-15-6-8-16(21-3)9-7-15/h6-9H,4-5,10-14H2,1-3H3,(H2,18,19,20). The second kappa shape index (κ2) is 11.9. The van der Waals surface area contributed by atoms with Crippen molar-refractivity contribution in [2.45, 2.75) is 26.2 Å². The summed E-state index contributed by atoms with van der Waals surface area (Å²) in [4.78, 5) is 4.20. The van der Waals surface area contributed by atoms with E-state index in [-0.39, 0.29) is 0 Å². The van der Waals surface area contributed by atoms with Crippen LogP contribution in [0.2, 0.25) is 0 Å². The van der Waals surface area contributed by atoms with Gasteiger partial charge in [-0.3, -0.25) is 4.99 Å². The highest BCUT2D eigenvalue weighted by molar-refractivity contribution is 5.79. The molecule has 0 saturated carbocycles. The topological polar surface area (TPSA) is 54.9 Å². The van der Waals surface area contributed by atoms with E-state index in [4.69, 9.17) is 9.47 Å². The lowest BCUT2D eigenvalue weighted by Crippen LogP contribution is -2.39. The van der Waals surface area contributed by atoms with Crippen LogP contribution >= 0.6 is 0 Å². The van der Waals surface area contributed by atoms with Crippen LogP contribution in [-0.4, -0.2) is 46.4 Å². The van der Waals surface area contributed by atoms with E-state index in [0.29, 0.717) is 6.61 Å². The summed E-state index contributed by atoms with van der Waals surface area (Å²) in [6, 6.07) is 8.13. The summed E-state index contributed by atoms with van der Waals surface area (Å²) in [6.45, 7) is 5.31. The summed E-state index contributed by atoms with van der Waals surface area (Å²) < 4.78 is 10.7. The molecule has 0 aliphatic heterocycles. The Kier molecular flexibility index (Phi) is 9.87. The van der Waals surface area contributed by atoms with Crippen LogP contribution in [0.1, 0.15) is 25.3 Å². The minimum Gasteiger partial charge on any atom is -0.497 e. The Bertz CT molecular complexity index is 418. The highest BCUT2D eigenvalue weighted by Gasteiger charge is 1.98. The molecule has 0 aliphatic carbocycles. The molecule has 0 spiro atoms. The maximum Gasteiger partial charge on any atom is 0.191 e. The first kappa shape index (κ1) is 18.3. The molecule has 0 saturated heterocycles. The highest BCUT2D eigenvalue weighted by atomic mass is 16.5. The first-order valence-corrected chi connectivity index (χ1v) is 7.95. The molecule has 0 aliphatic rings. The third-order valence-electron chi connectivity index (χ3n) is 3.27. The predicted octanol–water partition coefficient (Wildman–Crippen LogP) is 2.22. The fraction of sp³-hybridized carbons (Fsp3) is 0.588. The Balaban J connectivity index is 2.15. The fourth-order valence-electron chi connectivity index (χ4n) is 1.93. The van der Waals surface area contributed by atoms with Crippen LogP contribution in [0.3, 0.4) is 0 Å². The molecule has 2 N–H and O–H groups in total. The van der Waals surface area contributed by atoms with Gasteiger partial charge in [0.1, 0.15) is 5.75 Å². The van der Waals surface area contributed by atoms with Gasteiger partial charge >= 0.3 is 0 Å². The van der Waals surface area contributed by atoms with Crippen molar-refractivity contribution in [3.63, 3.8) is 0 Å². The van der Waals surface area contributed by atoms with Crippen LogP contribution in [0, 0.1) is 0 Å². The lowest BCUT2D eigenvalue weighted by Gasteiger charge is -2.12. The summed E-state index contributed by atoms with van der Waals surface area (Å²) in [5.41, 5.74) is 1.27. The van der Waals surface area contributed by atoms with E-state index < -0.39 is 0 Å². The van der Waals surface area contributed by atoms with Crippen LogP contribution in [0.4, 0.5) is 0 Å². The Morgan fingerprint density at radius 3 is 2.45 bits per heavy atom. The first-order chi connectivity index (χ1) is 10.8. The quantitative estimate of drug-likeness (QED) is 0.395. The van der Waals surface area contributed by atoms with Gasteiger partial charge in [-0.2, -0.15) is 0 Å². The highest BCUT2D eigenvalue weighted by Crippen LogP contribution is 2.11. The predicted molar refractivity (Wildman–Crippen MR) is 91.8 cm³/mol. The van der Waals surface area contributed by atoms with E-state index in [1.54, 1.807) is 14.2 Å². The average molecular weight is 307 g/mol. The summed E-state index contributed by atoms with van der Waals surface area (Å²) in [5, 5.41) is 6.55. The van der Waals surface area contributed by atoms with Gasteiger partial charge in [0, 0.05) is 26.7 Å². The minimum atomic E-state index is 0.708. The van der Waals surface area contributed by atoms with Gasteiger partial charge in [-0.1, -0.05) is 25.5 Å². The van der Waals surface area contributed by atoms with E-state index >= 15 is 0 Å². The zero-order chi connectivity index (χ0) is 16.0. The second-order valence-corrected chi connectivity index (χ2v) is 4.99. The van der Waals surface area contributed by atoms with E-state index in [0.717, 1.165) is 44.2 Å². The van der Waals surface area contributed by atoms with Crippen molar-refractivity contribution in [1.29, 1.82) is 0 Å². The lowest BCUT2D eigenvalue weighted by atomic mass is 10.1. The number of guanidine groups is 1. The first-order valence-electron chi connectivity index (χ1n) is 7.95. The summed E-state index contributed by atoms with van der Waals surface area (Å²) in [5.74, 6) is 1.70. The van der Waals surface area contributed by atoms with Crippen molar-refractivity contribution in [3.05, 3.63) is 29.8 Å². The maximum absolute atomic E-state index is 5.51. The van der Waals surface area contributed by atoms with Crippen LogP contribution in [0.5, 0.6) is 5.75 Å². The van der Waals surface area contributed by atoms with Crippen molar-refractivity contribution in [1.82, 2.24) is 10.6 Å². The number of unbranched alkanes of at least 4 members (excludes halogenated alkanes) is 1. The van der Waals surface area contributed by atoms with Crippen molar-refractivity contribution in [2.24, 2.45) is 4.99 Å². The SMILES string of the molecule is CCCCOCCNC(=NC)NCCc1ccc(OC)cc1. The van der Waals surface area contributed by atoms with Crippen molar-refractivity contribution in [3.8, 4) is 5.75 Å².